The van der Waals surface area contributed by atoms with Crippen LogP contribution in [0.2, 0.25) is 0 Å². The average molecular weight is 919 g/mol. The van der Waals surface area contributed by atoms with Crippen LogP contribution in [-0.4, -0.2) is 73.7 Å². The van der Waals surface area contributed by atoms with Crippen LogP contribution in [-0.2, 0) is 5.41 Å². The third-order valence-electron chi connectivity index (χ3n) is 14.1. The normalized spacial score (nSPS) is 12.5. The molecule has 0 saturated heterocycles. The third-order valence-corrected chi connectivity index (χ3v) is 14.1. The average Bonchev–Trinajstić information content (AvgIpc) is 3.78. The van der Waals surface area contributed by atoms with Crippen molar-refractivity contribution in [2.75, 3.05) is 0 Å². The fraction of sp³-hybridized carbons (Fsp3) is 0.0164. The maximum atomic E-state index is 6.70. The monoisotopic (exact) mass is 919 g/mol. The van der Waals surface area contributed by atoms with Gasteiger partial charge >= 0.3 is 0 Å². The molecule has 1 aliphatic rings. The molecule has 328 valence electrons. The molecule has 12 aromatic rings. The molecule has 0 atom stereocenters. The van der Waals surface area contributed by atoms with E-state index in [1.807, 2.05) is 91.0 Å². The largest absolute Gasteiger partial charge is 0.308 e. The maximum Gasteiger partial charge on any atom is 0.165 e. The highest BCUT2D eigenvalue weighted by Crippen LogP contribution is 2.48. The van der Waals surface area contributed by atoms with E-state index in [-0.39, 0.29) is 38.7 Å². The molecule has 9 aromatic carbocycles. The van der Waals surface area contributed by atoms with E-state index in [1.54, 1.807) is 0 Å². The Bertz CT molecular complexity index is 4070. The molecule has 12 heteroatoms. The van der Waals surface area contributed by atoms with Crippen LogP contribution in [0, 0.1) is 0 Å². The molecule has 0 unspecified atom stereocenters. The van der Waals surface area contributed by atoms with Gasteiger partial charge in [-0.15, -0.1) is 16.4 Å². The summed E-state index contributed by atoms with van der Waals surface area (Å²) in [5, 5.41) is 2.17. The topological polar surface area (TPSA) is 82.3 Å². The van der Waals surface area contributed by atoms with Crippen LogP contribution in [0.5, 0.6) is 0 Å². The minimum Gasteiger partial charge on any atom is -0.308 e. The van der Waals surface area contributed by atoms with Gasteiger partial charge in [-0.25, -0.2) is 29.9 Å². The summed E-state index contributed by atoms with van der Waals surface area (Å²) in [5.74, 6) is 2.39. The lowest BCUT2D eigenvalue weighted by atomic mass is 9.60. The number of aromatic nitrogens is 7. The number of hydrogen-bond acceptors (Lipinski definition) is 6. The predicted molar refractivity (Wildman–Crippen MR) is 299 cm³/mol. The minimum absolute atomic E-state index is 0.0877. The predicted octanol–water partition coefficient (Wildman–Crippen LogP) is 7.82. The summed E-state index contributed by atoms with van der Waals surface area (Å²) in [6.45, 7) is 0. The number of hydrogen-bond donors (Lipinski definition) is 0. The Kier molecular flexibility index (Phi) is 10.5. The van der Waals surface area contributed by atoms with Crippen LogP contribution in [0.1, 0.15) is 22.5 Å². The Morgan fingerprint density at radius 2 is 0.753 bits per heavy atom. The summed E-state index contributed by atoms with van der Waals surface area (Å²) in [6, 6.07) is 70.7. The molecule has 0 aliphatic carbocycles. The first-order valence-corrected chi connectivity index (χ1v) is 23.8. The summed E-state index contributed by atoms with van der Waals surface area (Å²) in [4.78, 5) is 31.8. The van der Waals surface area contributed by atoms with Crippen LogP contribution < -0.4 is 27.3 Å². The van der Waals surface area contributed by atoms with E-state index in [9.17, 15) is 0 Å². The first-order valence-electron chi connectivity index (χ1n) is 23.8. The Hall–Kier alpha value is -8.88. The fourth-order valence-corrected chi connectivity index (χ4v) is 10.4. The lowest BCUT2D eigenvalue weighted by molar-refractivity contribution is 0.675. The highest BCUT2D eigenvalue weighted by Gasteiger charge is 2.43. The molecule has 0 spiro atoms. The van der Waals surface area contributed by atoms with Crippen molar-refractivity contribution in [1.29, 1.82) is 0 Å². The molecule has 4 bridgehead atoms. The van der Waals surface area contributed by atoms with Crippen molar-refractivity contribution in [2.24, 2.45) is 0 Å². The first kappa shape index (κ1) is 44.1. The zero-order valence-corrected chi connectivity index (χ0v) is 39.1. The van der Waals surface area contributed by atoms with Gasteiger partial charge in [-0.2, -0.15) is 0 Å². The molecule has 0 saturated carbocycles. The smallest absolute Gasteiger partial charge is 0.165 e. The number of fused-ring (bicyclic) bond motifs is 9. The van der Waals surface area contributed by atoms with Crippen LogP contribution in [0.4, 0.5) is 0 Å². The van der Waals surface area contributed by atoms with Crippen molar-refractivity contribution in [1.82, 2.24) is 34.5 Å². The van der Waals surface area contributed by atoms with Crippen molar-refractivity contribution in [3.05, 3.63) is 229 Å². The van der Waals surface area contributed by atoms with E-state index in [4.69, 9.17) is 69.1 Å². The SMILES string of the molecule is [B]c1c([B])c([B])c(-c2nc(-c3ccccc3)nc(-c3ccc4c(c3)-c3nc(-c5ccccc5)nc(n3)C(c3ccccc3)(c3ccccc3)c3ccc5c6ccc(-c7ccccc7)cc6n-4c5c3)n2)c([B])c1[B]. The molecule has 0 fully saturated rings. The molecule has 0 N–H and O–H groups in total. The van der Waals surface area contributed by atoms with Gasteiger partial charge in [-0.05, 0) is 58.1 Å². The van der Waals surface area contributed by atoms with Gasteiger partial charge < -0.3 is 4.57 Å². The Morgan fingerprint density at radius 1 is 0.315 bits per heavy atom. The van der Waals surface area contributed by atoms with Crippen molar-refractivity contribution >= 4 is 88.4 Å². The summed E-state index contributed by atoms with van der Waals surface area (Å²) in [7, 11) is 32.5. The van der Waals surface area contributed by atoms with Gasteiger partial charge in [0.05, 0.1) is 16.7 Å². The Labute approximate surface area is 428 Å². The second kappa shape index (κ2) is 17.5. The van der Waals surface area contributed by atoms with E-state index in [0.717, 1.165) is 66.4 Å². The van der Waals surface area contributed by atoms with E-state index in [0.29, 0.717) is 40.2 Å². The zero-order chi connectivity index (χ0) is 49.4. The third kappa shape index (κ3) is 7.11. The molecule has 10 radical (unpaired) electrons. The molecular weight excluding hydrogens is 885 g/mol. The van der Waals surface area contributed by atoms with E-state index >= 15 is 0 Å². The second-order valence-corrected chi connectivity index (χ2v) is 18.2. The molecule has 7 nitrogen and oxygen atoms in total. The molecule has 0 amide bonds. The molecule has 13 rings (SSSR count). The summed E-state index contributed by atoms with van der Waals surface area (Å²) in [5.41, 5.74) is 10.6. The minimum atomic E-state index is -1.03. The van der Waals surface area contributed by atoms with Gasteiger partial charge in [-0.1, -0.05) is 187 Å². The zero-order valence-electron chi connectivity index (χ0n) is 39.1. The van der Waals surface area contributed by atoms with Crippen molar-refractivity contribution in [3.63, 3.8) is 0 Å². The summed E-state index contributed by atoms with van der Waals surface area (Å²) < 4.78 is 2.34. The number of rotatable bonds is 7. The quantitative estimate of drug-likeness (QED) is 0.152. The highest BCUT2D eigenvalue weighted by molar-refractivity contribution is 6.68. The lowest BCUT2D eigenvalue weighted by Gasteiger charge is -2.35. The Morgan fingerprint density at radius 3 is 1.34 bits per heavy atom. The van der Waals surface area contributed by atoms with Gasteiger partial charge in [0.2, 0.25) is 0 Å². The summed E-state index contributed by atoms with van der Waals surface area (Å²) >= 11 is 0. The summed E-state index contributed by atoms with van der Waals surface area (Å²) in [6.07, 6.45) is 0. The fourth-order valence-electron chi connectivity index (χ4n) is 10.4. The first-order chi connectivity index (χ1) is 35.8. The van der Waals surface area contributed by atoms with Gasteiger partial charge in [0.25, 0.3) is 0 Å². The number of benzene rings is 9. The van der Waals surface area contributed by atoms with Crippen LogP contribution in [0.3, 0.4) is 0 Å². The van der Waals surface area contributed by atoms with Crippen molar-refractivity contribution in [3.8, 4) is 73.8 Å². The molecule has 1 aliphatic heterocycles. The Balaban J connectivity index is 1.18. The van der Waals surface area contributed by atoms with Crippen LogP contribution >= 0.6 is 0 Å². The van der Waals surface area contributed by atoms with E-state index < -0.39 is 5.41 Å². The highest BCUT2D eigenvalue weighted by atomic mass is 15.1. The molecule has 73 heavy (non-hydrogen) atoms. The van der Waals surface area contributed by atoms with Crippen LogP contribution in [0.25, 0.3) is 95.6 Å². The van der Waals surface area contributed by atoms with Gasteiger partial charge in [-0.3, -0.25) is 0 Å². The van der Waals surface area contributed by atoms with Gasteiger partial charge in [0, 0.05) is 38.6 Å². The maximum absolute atomic E-state index is 6.70. The number of nitrogens with zero attached hydrogens (tertiary/aromatic N) is 7. The second-order valence-electron chi connectivity index (χ2n) is 18.2. The standard InChI is InChI=1S/C61H34B5N7/c62-50-49(51(63)53(65)54(66)52(50)64)59-69-55(36-18-8-2-9-19-36)67-57(70-59)39-27-31-46-45(32-39)58-68-56(37-20-10-3-11-21-37)71-60(72-58)61(40-22-12-4-13-23-40,41-24-14-5-15-25-41)42-28-30-44-43-29-26-38(35-16-6-1-7-17-35)33-47(43)73(46)48(44)34-42/h1-34H. The van der Waals surface area contributed by atoms with Crippen molar-refractivity contribution in [2.45, 2.75) is 5.41 Å². The van der Waals surface area contributed by atoms with Crippen molar-refractivity contribution < 1.29 is 0 Å². The molecular formula is C61H34B5N7. The van der Waals surface area contributed by atoms with Gasteiger partial charge in [0.1, 0.15) is 44.6 Å². The van der Waals surface area contributed by atoms with E-state index in [1.165, 1.54) is 0 Å². The molecule has 4 heterocycles. The lowest BCUT2D eigenvalue weighted by Crippen LogP contribution is -2.55. The van der Waals surface area contributed by atoms with E-state index in [2.05, 4.69) is 120 Å². The molecule has 3 aromatic heterocycles. The van der Waals surface area contributed by atoms with Crippen LogP contribution in [0.15, 0.2) is 206 Å². The van der Waals surface area contributed by atoms with Gasteiger partial charge in [0.15, 0.2) is 34.9 Å².